The van der Waals surface area contributed by atoms with Gasteiger partial charge in [0.15, 0.2) is 0 Å². The molecular formula is C14H23N. The minimum absolute atomic E-state index is 0.209. The van der Waals surface area contributed by atoms with Gasteiger partial charge in [-0.1, -0.05) is 32.9 Å². The summed E-state index contributed by atoms with van der Waals surface area (Å²) in [5.41, 5.74) is 0.335. The van der Waals surface area contributed by atoms with Crippen LogP contribution in [0.1, 0.15) is 47.0 Å². The number of nitriles is 1. The van der Waals surface area contributed by atoms with Crippen LogP contribution in [-0.2, 0) is 0 Å². The van der Waals surface area contributed by atoms with Crippen LogP contribution in [0.2, 0.25) is 0 Å². The van der Waals surface area contributed by atoms with Crippen molar-refractivity contribution >= 4 is 0 Å². The van der Waals surface area contributed by atoms with Crippen molar-refractivity contribution in [2.75, 3.05) is 0 Å². The summed E-state index contributed by atoms with van der Waals surface area (Å²) in [6.45, 7) is 9.01. The minimum atomic E-state index is 0.209. The molecule has 1 fully saturated rings. The van der Waals surface area contributed by atoms with Crippen molar-refractivity contribution in [3.63, 3.8) is 0 Å². The van der Waals surface area contributed by atoms with Crippen molar-refractivity contribution < 1.29 is 0 Å². The van der Waals surface area contributed by atoms with Gasteiger partial charge in [0, 0.05) is 0 Å². The van der Waals surface area contributed by atoms with E-state index in [0.717, 1.165) is 12.3 Å². The highest BCUT2D eigenvalue weighted by Crippen LogP contribution is 2.50. The number of rotatable bonds is 3. The minimum Gasteiger partial charge on any atom is -0.198 e. The second-order valence-electron chi connectivity index (χ2n) is 5.45. The Labute approximate surface area is 94.2 Å². The van der Waals surface area contributed by atoms with Gasteiger partial charge < -0.3 is 0 Å². The molecule has 0 aromatic rings. The molecule has 0 aromatic heterocycles. The van der Waals surface area contributed by atoms with Crippen molar-refractivity contribution in [3.05, 3.63) is 12.2 Å². The molecule has 1 rings (SSSR count). The van der Waals surface area contributed by atoms with Crippen molar-refractivity contribution in [2.45, 2.75) is 47.0 Å². The molecule has 0 spiro atoms. The number of allylic oxidation sites excluding steroid dienone is 2. The first-order valence-electron chi connectivity index (χ1n) is 6.04. The smallest absolute Gasteiger partial charge is 0.0662 e. The molecule has 3 unspecified atom stereocenters. The van der Waals surface area contributed by atoms with Crippen molar-refractivity contribution in [1.82, 2.24) is 0 Å². The first-order valence-corrected chi connectivity index (χ1v) is 6.04. The lowest BCUT2D eigenvalue weighted by atomic mass is 9.70. The second-order valence-corrected chi connectivity index (χ2v) is 5.45. The maximum atomic E-state index is 9.25. The van der Waals surface area contributed by atoms with Gasteiger partial charge in [0.1, 0.15) is 0 Å². The average Bonchev–Trinajstić information content (AvgIpc) is 2.45. The first kappa shape index (κ1) is 12.3. The molecular weight excluding hydrogens is 182 g/mol. The zero-order valence-electron chi connectivity index (χ0n) is 10.5. The van der Waals surface area contributed by atoms with Crippen LogP contribution in [0.15, 0.2) is 12.2 Å². The third-order valence-electron chi connectivity index (χ3n) is 4.41. The molecule has 0 N–H and O–H groups in total. The molecule has 0 amide bonds. The van der Waals surface area contributed by atoms with Crippen LogP contribution in [-0.4, -0.2) is 0 Å². The summed E-state index contributed by atoms with van der Waals surface area (Å²) in [6, 6.07) is 2.50. The lowest BCUT2D eigenvalue weighted by Crippen LogP contribution is -2.28. The lowest BCUT2D eigenvalue weighted by Gasteiger charge is -2.33. The molecule has 15 heavy (non-hydrogen) atoms. The van der Waals surface area contributed by atoms with E-state index in [-0.39, 0.29) is 5.92 Å². The van der Waals surface area contributed by atoms with Gasteiger partial charge in [-0.25, -0.2) is 0 Å². The Morgan fingerprint density at radius 1 is 1.47 bits per heavy atom. The summed E-state index contributed by atoms with van der Waals surface area (Å²) >= 11 is 0. The largest absolute Gasteiger partial charge is 0.198 e. The predicted octanol–water partition coefficient (Wildman–Crippen LogP) is 4.16. The Kier molecular flexibility index (Phi) is 3.97. The van der Waals surface area contributed by atoms with Gasteiger partial charge in [-0.05, 0) is 43.4 Å². The molecule has 0 bridgehead atoms. The fourth-order valence-electron chi connectivity index (χ4n) is 2.85. The molecule has 84 valence electrons. The standard InChI is InChI=1S/C14H23N/c1-5-6-7-12(10-15)13-9-8-11(2)14(13,3)4/h5-6,11-13H,7-9H2,1-4H3. The van der Waals surface area contributed by atoms with Gasteiger partial charge in [0.2, 0.25) is 0 Å². The number of hydrogen-bond acceptors (Lipinski definition) is 1. The maximum absolute atomic E-state index is 9.25. The molecule has 3 atom stereocenters. The molecule has 0 radical (unpaired) electrons. The van der Waals surface area contributed by atoms with E-state index in [0.29, 0.717) is 11.3 Å². The van der Waals surface area contributed by atoms with Crippen molar-refractivity contribution in [2.24, 2.45) is 23.2 Å². The number of nitrogens with zero attached hydrogens (tertiary/aromatic N) is 1. The van der Waals surface area contributed by atoms with Gasteiger partial charge in [-0.15, -0.1) is 0 Å². The molecule has 1 heteroatoms. The summed E-state index contributed by atoms with van der Waals surface area (Å²) in [5.74, 6) is 1.54. The van der Waals surface area contributed by atoms with E-state index in [1.807, 2.05) is 6.92 Å². The van der Waals surface area contributed by atoms with Crippen LogP contribution in [0.5, 0.6) is 0 Å². The summed E-state index contributed by atoms with van der Waals surface area (Å²) in [5, 5.41) is 9.25. The molecule has 0 heterocycles. The summed E-state index contributed by atoms with van der Waals surface area (Å²) in [4.78, 5) is 0. The Hall–Kier alpha value is -0.770. The fourth-order valence-corrected chi connectivity index (χ4v) is 2.85. The van der Waals surface area contributed by atoms with Gasteiger partial charge in [-0.2, -0.15) is 5.26 Å². The Morgan fingerprint density at radius 3 is 2.53 bits per heavy atom. The van der Waals surface area contributed by atoms with E-state index in [9.17, 15) is 5.26 Å². The summed E-state index contributed by atoms with van der Waals surface area (Å²) in [6.07, 6.45) is 7.62. The van der Waals surface area contributed by atoms with Gasteiger partial charge >= 0.3 is 0 Å². The Morgan fingerprint density at radius 2 is 2.13 bits per heavy atom. The second kappa shape index (κ2) is 4.84. The number of hydrogen-bond donors (Lipinski definition) is 0. The normalized spacial score (nSPS) is 31.7. The molecule has 1 saturated carbocycles. The molecule has 1 nitrogen and oxygen atoms in total. The summed E-state index contributed by atoms with van der Waals surface area (Å²) in [7, 11) is 0. The maximum Gasteiger partial charge on any atom is 0.0662 e. The fraction of sp³-hybridized carbons (Fsp3) is 0.786. The van der Waals surface area contributed by atoms with E-state index in [4.69, 9.17) is 0 Å². The van der Waals surface area contributed by atoms with Gasteiger partial charge in [0.25, 0.3) is 0 Å². The Balaban J connectivity index is 2.74. The SMILES string of the molecule is CC=CCC(C#N)C1CCC(C)C1(C)C. The molecule has 0 aliphatic heterocycles. The van der Waals surface area contributed by atoms with Crippen LogP contribution in [0.3, 0.4) is 0 Å². The molecule has 0 saturated heterocycles. The molecule has 1 aliphatic carbocycles. The highest BCUT2D eigenvalue weighted by molar-refractivity contribution is 5.02. The van der Waals surface area contributed by atoms with Crippen LogP contribution >= 0.6 is 0 Å². The van der Waals surface area contributed by atoms with Crippen molar-refractivity contribution in [3.8, 4) is 6.07 Å². The average molecular weight is 205 g/mol. The van der Waals surface area contributed by atoms with Crippen LogP contribution in [0.25, 0.3) is 0 Å². The molecule has 0 aromatic carbocycles. The van der Waals surface area contributed by atoms with E-state index in [1.54, 1.807) is 0 Å². The van der Waals surface area contributed by atoms with Crippen molar-refractivity contribution in [1.29, 1.82) is 5.26 Å². The monoisotopic (exact) mass is 205 g/mol. The highest BCUT2D eigenvalue weighted by Gasteiger charge is 2.43. The quantitative estimate of drug-likeness (QED) is 0.634. The molecule has 1 aliphatic rings. The van der Waals surface area contributed by atoms with E-state index in [1.165, 1.54) is 12.8 Å². The third-order valence-corrected chi connectivity index (χ3v) is 4.41. The first-order chi connectivity index (χ1) is 7.04. The van der Waals surface area contributed by atoms with E-state index in [2.05, 4.69) is 39.0 Å². The van der Waals surface area contributed by atoms with E-state index < -0.39 is 0 Å². The highest BCUT2D eigenvalue weighted by atomic mass is 14.5. The lowest BCUT2D eigenvalue weighted by molar-refractivity contribution is 0.162. The van der Waals surface area contributed by atoms with Crippen LogP contribution in [0, 0.1) is 34.5 Å². The zero-order valence-corrected chi connectivity index (χ0v) is 10.5. The van der Waals surface area contributed by atoms with Crippen LogP contribution in [0.4, 0.5) is 0 Å². The Bertz CT molecular complexity index is 270. The summed E-state index contributed by atoms with van der Waals surface area (Å²) < 4.78 is 0. The van der Waals surface area contributed by atoms with Gasteiger partial charge in [0.05, 0.1) is 12.0 Å². The third kappa shape index (κ3) is 2.43. The van der Waals surface area contributed by atoms with Crippen LogP contribution < -0.4 is 0 Å². The topological polar surface area (TPSA) is 23.8 Å². The zero-order chi connectivity index (χ0) is 11.5. The van der Waals surface area contributed by atoms with Gasteiger partial charge in [-0.3, -0.25) is 0 Å². The van der Waals surface area contributed by atoms with E-state index >= 15 is 0 Å². The predicted molar refractivity (Wildman–Crippen MR) is 64.2 cm³/mol.